The van der Waals surface area contributed by atoms with Gasteiger partial charge in [-0.05, 0) is 59.8 Å². The first-order valence-electron chi connectivity index (χ1n) is 11.8. The monoisotopic (exact) mass is 436 g/mol. The van der Waals surface area contributed by atoms with E-state index in [2.05, 4.69) is 5.32 Å². The molecule has 174 valence electrons. The molecule has 1 amide bonds. The summed E-state index contributed by atoms with van der Waals surface area (Å²) in [5, 5.41) is 3.60. The number of carbonyl (C=O) groups is 3. The molecule has 5 fully saturated rings. The van der Waals surface area contributed by atoms with Crippen LogP contribution in [0, 0.1) is 11.8 Å². The number of fused-ring (bicyclic) bond motifs is 7. The SMILES string of the molecule is C1C[C@@H]2[C@H](O1)[C@@H]1CC[C@H]2N1.CCOC(=O)C[C@@H]1C(=O)[C@@H]2CC[C@H]1N2C(=O)OC(C)(C)C. The molecule has 0 aromatic heterocycles. The van der Waals surface area contributed by atoms with Gasteiger partial charge in [0.2, 0.25) is 0 Å². The molecule has 5 heterocycles. The predicted octanol–water partition coefficient (Wildman–Crippen LogP) is 2.43. The molecule has 0 unspecified atom stereocenters. The number of hydrogen-bond donors (Lipinski definition) is 1. The van der Waals surface area contributed by atoms with Gasteiger partial charge in [0, 0.05) is 30.7 Å². The van der Waals surface area contributed by atoms with E-state index in [0.29, 0.717) is 19.1 Å². The molecule has 5 aliphatic heterocycles. The molecule has 4 bridgehead atoms. The number of nitrogens with zero attached hydrogens (tertiary/aromatic N) is 1. The number of nitrogens with one attached hydrogen (secondary N) is 1. The number of amides is 1. The van der Waals surface area contributed by atoms with Crippen LogP contribution in [-0.4, -0.2) is 71.8 Å². The molecular formula is C23H36N2O6. The summed E-state index contributed by atoms with van der Waals surface area (Å²) in [6.07, 6.45) is 5.63. The van der Waals surface area contributed by atoms with Gasteiger partial charge < -0.3 is 19.5 Å². The topological polar surface area (TPSA) is 94.2 Å². The van der Waals surface area contributed by atoms with Crippen molar-refractivity contribution < 1.29 is 28.6 Å². The van der Waals surface area contributed by atoms with Crippen LogP contribution in [0.15, 0.2) is 0 Å². The Bertz CT molecular complexity index is 703. The van der Waals surface area contributed by atoms with E-state index >= 15 is 0 Å². The van der Waals surface area contributed by atoms with E-state index < -0.39 is 23.7 Å². The molecular weight excluding hydrogens is 400 g/mol. The van der Waals surface area contributed by atoms with Crippen molar-refractivity contribution in [3.63, 3.8) is 0 Å². The summed E-state index contributed by atoms with van der Waals surface area (Å²) in [4.78, 5) is 37.7. The lowest BCUT2D eigenvalue weighted by molar-refractivity contribution is -0.146. The summed E-state index contributed by atoms with van der Waals surface area (Å²) in [6.45, 7) is 8.42. The van der Waals surface area contributed by atoms with Gasteiger partial charge in [0.25, 0.3) is 0 Å². The number of esters is 1. The first kappa shape index (κ1) is 22.5. The van der Waals surface area contributed by atoms with Crippen LogP contribution in [0.5, 0.6) is 0 Å². The average Bonchev–Trinajstić information content (AvgIpc) is 3.48. The molecule has 1 N–H and O–H groups in total. The zero-order valence-corrected chi connectivity index (χ0v) is 19.1. The minimum atomic E-state index is -0.598. The Balaban J connectivity index is 0.000000188. The smallest absolute Gasteiger partial charge is 0.411 e. The molecule has 31 heavy (non-hydrogen) atoms. The largest absolute Gasteiger partial charge is 0.466 e. The van der Waals surface area contributed by atoms with E-state index in [1.54, 1.807) is 27.7 Å². The summed E-state index contributed by atoms with van der Waals surface area (Å²) in [5.74, 6) is 0.00627. The van der Waals surface area contributed by atoms with Crippen LogP contribution in [0.4, 0.5) is 4.79 Å². The lowest BCUT2D eigenvalue weighted by atomic mass is 9.86. The molecule has 5 aliphatic rings. The van der Waals surface area contributed by atoms with Crippen LogP contribution < -0.4 is 5.32 Å². The lowest BCUT2D eigenvalue weighted by Crippen LogP contribution is -2.41. The molecule has 0 aliphatic carbocycles. The van der Waals surface area contributed by atoms with Crippen LogP contribution >= 0.6 is 0 Å². The highest BCUT2D eigenvalue weighted by atomic mass is 16.6. The third-order valence-electron chi connectivity index (χ3n) is 7.20. The van der Waals surface area contributed by atoms with E-state index in [1.165, 1.54) is 24.2 Å². The van der Waals surface area contributed by atoms with Crippen molar-refractivity contribution in [3.8, 4) is 0 Å². The summed E-state index contributed by atoms with van der Waals surface area (Å²) in [5.41, 5.74) is -0.598. The molecule has 5 rings (SSSR count). The second-order valence-corrected chi connectivity index (χ2v) is 10.3. The highest BCUT2D eigenvalue weighted by Crippen LogP contribution is 2.42. The zero-order valence-electron chi connectivity index (χ0n) is 19.1. The number of hydrogen-bond acceptors (Lipinski definition) is 7. The number of carbonyl (C=O) groups excluding carboxylic acids is 3. The Hall–Kier alpha value is -1.67. The van der Waals surface area contributed by atoms with Gasteiger partial charge in [-0.2, -0.15) is 0 Å². The maximum Gasteiger partial charge on any atom is 0.411 e. The quantitative estimate of drug-likeness (QED) is 0.679. The summed E-state index contributed by atoms with van der Waals surface area (Å²) >= 11 is 0. The maximum absolute atomic E-state index is 12.3. The van der Waals surface area contributed by atoms with E-state index in [1.807, 2.05) is 0 Å². The molecule has 0 spiro atoms. The zero-order chi connectivity index (χ0) is 22.3. The van der Waals surface area contributed by atoms with Crippen molar-refractivity contribution in [1.82, 2.24) is 10.2 Å². The summed E-state index contributed by atoms with van der Waals surface area (Å²) < 4.78 is 15.9. The Kier molecular flexibility index (Phi) is 6.32. The van der Waals surface area contributed by atoms with Crippen LogP contribution in [0.1, 0.15) is 66.2 Å². The number of rotatable bonds is 3. The first-order chi connectivity index (χ1) is 14.7. The third kappa shape index (κ3) is 4.46. The van der Waals surface area contributed by atoms with Gasteiger partial charge in [0.15, 0.2) is 5.78 Å². The van der Waals surface area contributed by atoms with Gasteiger partial charge in [-0.25, -0.2) is 4.79 Å². The fourth-order valence-corrected chi connectivity index (χ4v) is 6.03. The first-order valence-corrected chi connectivity index (χ1v) is 11.8. The molecule has 8 nitrogen and oxygen atoms in total. The predicted molar refractivity (Wildman–Crippen MR) is 112 cm³/mol. The Morgan fingerprint density at radius 1 is 1.13 bits per heavy atom. The molecule has 5 saturated heterocycles. The molecule has 0 aromatic rings. The van der Waals surface area contributed by atoms with Gasteiger partial charge in [0.05, 0.1) is 31.1 Å². The van der Waals surface area contributed by atoms with Crippen LogP contribution in [0.25, 0.3) is 0 Å². The van der Waals surface area contributed by atoms with E-state index in [4.69, 9.17) is 14.2 Å². The van der Waals surface area contributed by atoms with Crippen molar-refractivity contribution >= 4 is 17.8 Å². The maximum atomic E-state index is 12.3. The highest BCUT2D eigenvalue weighted by molar-refractivity contribution is 5.96. The summed E-state index contributed by atoms with van der Waals surface area (Å²) in [6, 6.07) is 0.862. The van der Waals surface area contributed by atoms with Crippen LogP contribution in [0.2, 0.25) is 0 Å². The lowest BCUT2D eigenvalue weighted by Gasteiger charge is -2.27. The average molecular weight is 437 g/mol. The van der Waals surface area contributed by atoms with Gasteiger partial charge in [-0.1, -0.05) is 0 Å². The minimum Gasteiger partial charge on any atom is -0.466 e. The number of ketones is 1. The second kappa shape index (κ2) is 8.70. The minimum absolute atomic E-state index is 0.0369. The van der Waals surface area contributed by atoms with Crippen molar-refractivity contribution in [2.24, 2.45) is 11.8 Å². The number of ether oxygens (including phenoxy) is 3. The van der Waals surface area contributed by atoms with Crippen molar-refractivity contribution in [2.45, 2.75) is 102 Å². The Morgan fingerprint density at radius 3 is 2.55 bits per heavy atom. The van der Waals surface area contributed by atoms with Crippen LogP contribution in [0.3, 0.4) is 0 Å². The van der Waals surface area contributed by atoms with E-state index in [0.717, 1.165) is 31.0 Å². The molecule has 0 saturated carbocycles. The van der Waals surface area contributed by atoms with Gasteiger partial charge in [-0.3, -0.25) is 14.5 Å². The van der Waals surface area contributed by atoms with Crippen molar-refractivity contribution in [1.29, 1.82) is 0 Å². The summed E-state index contributed by atoms with van der Waals surface area (Å²) in [7, 11) is 0. The fourth-order valence-electron chi connectivity index (χ4n) is 6.03. The fraction of sp³-hybridized carbons (Fsp3) is 0.870. The van der Waals surface area contributed by atoms with Crippen molar-refractivity contribution in [3.05, 3.63) is 0 Å². The van der Waals surface area contributed by atoms with Crippen molar-refractivity contribution in [2.75, 3.05) is 13.2 Å². The normalized spacial score (nSPS) is 37.5. The standard InChI is InChI=1S/C15H23NO5.C8H13NO/c1-5-20-12(17)8-9-10-6-7-11(13(9)18)16(10)14(19)21-15(2,3)4;1-2-7-8-5(3-4-10-8)6(1)9-7/h9-11H,5-8H2,1-4H3;5-9H,1-4H2/t9-,10+,11-;5-,6+,7-,8-/m00/s1. The molecule has 0 radical (unpaired) electrons. The van der Waals surface area contributed by atoms with Gasteiger partial charge >= 0.3 is 12.1 Å². The Morgan fingerprint density at radius 2 is 1.87 bits per heavy atom. The second-order valence-electron chi connectivity index (χ2n) is 10.3. The third-order valence-corrected chi connectivity index (χ3v) is 7.20. The Labute approximate surface area is 184 Å². The van der Waals surface area contributed by atoms with E-state index in [9.17, 15) is 14.4 Å². The molecule has 8 heteroatoms. The van der Waals surface area contributed by atoms with E-state index in [-0.39, 0.29) is 24.2 Å². The highest BCUT2D eigenvalue weighted by Gasteiger charge is 2.56. The van der Waals surface area contributed by atoms with Gasteiger partial charge in [-0.15, -0.1) is 0 Å². The van der Waals surface area contributed by atoms with Gasteiger partial charge in [0.1, 0.15) is 5.60 Å². The number of Topliss-reactive ketones (excluding diaryl/α,β-unsaturated/α-hetero) is 1. The van der Waals surface area contributed by atoms with Crippen LogP contribution in [-0.2, 0) is 23.8 Å². The molecule has 0 aromatic carbocycles. The molecule has 7 atom stereocenters.